The Kier molecular flexibility index (Phi) is 4.51. The smallest absolute Gasteiger partial charge is 0.277 e. The molecule has 6 heteroatoms. The van der Waals surface area contributed by atoms with E-state index < -0.39 is 11.0 Å². The van der Waals surface area contributed by atoms with Crippen LogP contribution in [0.4, 0.5) is 5.69 Å². The summed E-state index contributed by atoms with van der Waals surface area (Å²) in [4.78, 5) is 10.1. The van der Waals surface area contributed by atoms with Crippen molar-refractivity contribution >= 4 is 18.1 Å². The molecular weight excluding hydrogens is 220 g/mol. The number of rotatable bonds is 2. The average molecular weight is 233 g/mol. The van der Waals surface area contributed by atoms with E-state index in [-0.39, 0.29) is 29.4 Å². The molecule has 1 aromatic rings. The number of nitrogens with two attached hydrogens (primary N) is 1. The van der Waals surface area contributed by atoms with E-state index in [1.54, 1.807) is 13.8 Å². The van der Waals surface area contributed by atoms with E-state index in [1.807, 2.05) is 0 Å². The lowest BCUT2D eigenvalue weighted by atomic mass is 10.0. The summed E-state index contributed by atoms with van der Waals surface area (Å²) in [6.07, 6.45) is 0. The van der Waals surface area contributed by atoms with Crippen LogP contribution in [-0.4, -0.2) is 10.0 Å². The van der Waals surface area contributed by atoms with Crippen LogP contribution in [0.3, 0.4) is 0 Å². The van der Waals surface area contributed by atoms with Crippen LogP contribution in [0.2, 0.25) is 0 Å². The van der Waals surface area contributed by atoms with Gasteiger partial charge in [-0.2, -0.15) is 0 Å². The third-order valence-electron chi connectivity index (χ3n) is 2.05. The van der Waals surface area contributed by atoms with E-state index in [0.29, 0.717) is 5.56 Å². The molecule has 0 saturated heterocycles. The molecule has 0 saturated carbocycles. The molecule has 0 spiro atoms. The van der Waals surface area contributed by atoms with Gasteiger partial charge in [-0.3, -0.25) is 10.1 Å². The van der Waals surface area contributed by atoms with Crippen molar-refractivity contribution in [3.05, 3.63) is 33.4 Å². The van der Waals surface area contributed by atoms with Crippen LogP contribution in [0, 0.1) is 17.0 Å². The van der Waals surface area contributed by atoms with Gasteiger partial charge in [-0.15, -0.1) is 12.4 Å². The number of halogens is 1. The van der Waals surface area contributed by atoms with Crippen molar-refractivity contribution in [2.45, 2.75) is 19.9 Å². The second-order valence-electron chi connectivity index (χ2n) is 3.21. The largest absolute Gasteiger partial charge is 0.507 e. The molecular formula is C9H13ClN2O3. The molecule has 0 aliphatic heterocycles. The summed E-state index contributed by atoms with van der Waals surface area (Å²) in [7, 11) is 0. The number of nitrogens with zero attached hydrogens (tertiary/aromatic N) is 1. The quantitative estimate of drug-likeness (QED) is 0.603. The van der Waals surface area contributed by atoms with Crippen molar-refractivity contribution in [2.75, 3.05) is 0 Å². The van der Waals surface area contributed by atoms with Gasteiger partial charge in [0.15, 0.2) is 0 Å². The molecule has 3 N–H and O–H groups in total. The van der Waals surface area contributed by atoms with Gasteiger partial charge in [-0.25, -0.2) is 0 Å². The van der Waals surface area contributed by atoms with Gasteiger partial charge in [0.05, 0.1) is 10.5 Å². The minimum absolute atomic E-state index is 0. The van der Waals surface area contributed by atoms with E-state index in [4.69, 9.17) is 5.73 Å². The summed E-state index contributed by atoms with van der Waals surface area (Å²) >= 11 is 0. The van der Waals surface area contributed by atoms with Gasteiger partial charge >= 0.3 is 0 Å². The summed E-state index contributed by atoms with van der Waals surface area (Å²) in [5.74, 6) is -0.0887. The highest BCUT2D eigenvalue weighted by Crippen LogP contribution is 2.34. The fourth-order valence-corrected chi connectivity index (χ4v) is 1.31. The molecule has 0 aliphatic carbocycles. The van der Waals surface area contributed by atoms with Crippen molar-refractivity contribution in [1.29, 1.82) is 0 Å². The number of aromatic hydroxyl groups is 1. The van der Waals surface area contributed by atoms with Crippen LogP contribution in [0.5, 0.6) is 5.75 Å². The standard InChI is InChI=1S/C9H12N2O3.ClH/c1-5-3-4-7(11(13)14)8(6(2)10)9(5)12;/h3-4,6,12H,10H2,1-2H3;1H/t6-;/m1./s1. The fourth-order valence-electron chi connectivity index (χ4n) is 1.31. The zero-order valence-electron chi connectivity index (χ0n) is 8.43. The van der Waals surface area contributed by atoms with Gasteiger partial charge in [0, 0.05) is 12.1 Å². The van der Waals surface area contributed by atoms with E-state index in [9.17, 15) is 15.2 Å². The summed E-state index contributed by atoms with van der Waals surface area (Å²) in [5, 5.41) is 20.2. The second-order valence-corrected chi connectivity index (χ2v) is 3.21. The molecule has 0 heterocycles. The molecule has 1 atom stereocenters. The third-order valence-corrected chi connectivity index (χ3v) is 2.05. The first-order chi connectivity index (χ1) is 6.45. The van der Waals surface area contributed by atoms with Crippen molar-refractivity contribution in [3.63, 3.8) is 0 Å². The molecule has 1 rings (SSSR count). The van der Waals surface area contributed by atoms with Crippen LogP contribution < -0.4 is 5.73 Å². The second kappa shape index (κ2) is 4.95. The highest BCUT2D eigenvalue weighted by molar-refractivity contribution is 5.85. The molecule has 0 radical (unpaired) electrons. The summed E-state index contributed by atoms with van der Waals surface area (Å²) in [5.41, 5.74) is 6.20. The number of hydrogen-bond donors (Lipinski definition) is 2. The molecule has 0 aromatic heterocycles. The van der Waals surface area contributed by atoms with Gasteiger partial charge in [-0.05, 0) is 25.5 Å². The molecule has 0 amide bonds. The minimum atomic E-state index is -0.560. The molecule has 1 aromatic carbocycles. The maximum absolute atomic E-state index is 10.6. The Bertz CT molecular complexity index is 380. The predicted octanol–water partition coefficient (Wildman–Crippen LogP) is 2.05. The number of phenolic OH excluding ortho intramolecular Hbond substituents is 1. The lowest BCUT2D eigenvalue weighted by Gasteiger charge is -2.10. The van der Waals surface area contributed by atoms with Gasteiger partial charge < -0.3 is 10.8 Å². The molecule has 0 unspecified atom stereocenters. The Balaban J connectivity index is 0.00000196. The Hall–Kier alpha value is -1.33. The van der Waals surface area contributed by atoms with Gasteiger partial charge in [0.2, 0.25) is 0 Å². The molecule has 0 bridgehead atoms. The van der Waals surface area contributed by atoms with Crippen molar-refractivity contribution in [2.24, 2.45) is 5.73 Å². The zero-order chi connectivity index (χ0) is 10.9. The zero-order valence-corrected chi connectivity index (χ0v) is 9.25. The number of hydrogen-bond acceptors (Lipinski definition) is 4. The molecule has 0 fully saturated rings. The fraction of sp³-hybridized carbons (Fsp3) is 0.333. The van der Waals surface area contributed by atoms with E-state index in [0.717, 1.165) is 0 Å². The number of aryl methyl sites for hydroxylation is 1. The van der Waals surface area contributed by atoms with Crippen LogP contribution in [-0.2, 0) is 0 Å². The summed E-state index contributed by atoms with van der Waals surface area (Å²) in [6.45, 7) is 3.27. The topological polar surface area (TPSA) is 89.4 Å². The maximum Gasteiger partial charge on any atom is 0.277 e. The minimum Gasteiger partial charge on any atom is -0.507 e. The summed E-state index contributed by atoms with van der Waals surface area (Å²) in [6, 6.07) is 2.29. The van der Waals surface area contributed by atoms with Crippen molar-refractivity contribution in [1.82, 2.24) is 0 Å². The first-order valence-corrected chi connectivity index (χ1v) is 4.17. The van der Waals surface area contributed by atoms with Gasteiger partial charge in [-0.1, -0.05) is 0 Å². The number of nitro benzene ring substituents is 1. The lowest BCUT2D eigenvalue weighted by molar-refractivity contribution is -0.385. The maximum atomic E-state index is 10.6. The molecule has 15 heavy (non-hydrogen) atoms. The van der Waals surface area contributed by atoms with Crippen LogP contribution in [0.1, 0.15) is 24.1 Å². The molecule has 0 aliphatic rings. The van der Waals surface area contributed by atoms with E-state index in [1.165, 1.54) is 12.1 Å². The predicted molar refractivity (Wildman–Crippen MR) is 59.3 cm³/mol. The number of benzene rings is 1. The molecule has 84 valence electrons. The van der Waals surface area contributed by atoms with Crippen LogP contribution in [0.15, 0.2) is 12.1 Å². The Morgan fingerprint density at radius 1 is 1.53 bits per heavy atom. The Morgan fingerprint density at radius 2 is 2.07 bits per heavy atom. The third kappa shape index (κ3) is 2.57. The average Bonchev–Trinajstić information content (AvgIpc) is 2.08. The molecule has 5 nitrogen and oxygen atoms in total. The normalized spacial score (nSPS) is 11.7. The number of nitro groups is 1. The highest BCUT2D eigenvalue weighted by Gasteiger charge is 2.21. The van der Waals surface area contributed by atoms with E-state index >= 15 is 0 Å². The Morgan fingerprint density at radius 3 is 2.47 bits per heavy atom. The van der Waals surface area contributed by atoms with Crippen molar-refractivity contribution < 1.29 is 10.0 Å². The SMILES string of the molecule is Cc1ccc([N+](=O)[O-])c([C@@H](C)N)c1O.Cl. The first-order valence-electron chi connectivity index (χ1n) is 4.17. The number of phenols is 1. The lowest BCUT2D eigenvalue weighted by Crippen LogP contribution is -2.09. The first kappa shape index (κ1) is 13.7. The van der Waals surface area contributed by atoms with Gasteiger partial charge in [0.25, 0.3) is 5.69 Å². The Labute approximate surface area is 93.5 Å². The van der Waals surface area contributed by atoms with E-state index in [2.05, 4.69) is 0 Å². The van der Waals surface area contributed by atoms with Crippen molar-refractivity contribution in [3.8, 4) is 5.75 Å². The van der Waals surface area contributed by atoms with Gasteiger partial charge in [0.1, 0.15) is 5.75 Å². The summed E-state index contributed by atoms with van der Waals surface area (Å²) < 4.78 is 0. The highest BCUT2D eigenvalue weighted by atomic mass is 35.5. The monoisotopic (exact) mass is 232 g/mol. The van der Waals surface area contributed by atoms with Crippen LogP contribution >= 0.6 is 12.4 Å². The van der Waals surface area contributed by atoms with Crippen LogP contribution in [0.25, 0.3) is 0 Å².